The molecular weight excluding hydrogens is 293 g/mol. The molecule has 0 unspecified atom stereocenters. The molecule has 0 aliphatic rings. The SMILES string of the molecule is N#CCCn1ccc(=O)c2cc(Cl)c(C(F)(F)F)cc21. The van der Waals surface area contributed by atoms with Crippen LogP contribution in [0.3, 0.4) is 0 Å². The number of pyridine rings is 1. The van der Waals surface area contributed by atoms with Crippen LogP contribution in [0.25, 0.3) is 10.9 Å². The number of alkyl halides is 3. The Labute approximate surface area is 116 Å². The first kappa shape index (κ1) is 14.4. The van der Waals surface area contributed by atoms with Gasteiger partial charge in [-0.2, -0.15) is 18.4 Å². The van der Waals surface area contributed by atoms with Crippen molar-refractivity contribution in [2.24, 2.45) is 0 Å². The third-order valence-corrected chi connectivity index (χ3v) is 3.15. The lowest BCUT2D eigenvalue weighted by Gasteiger charge is -2.13. The van der Waals surface area contributed by atoms with Gasteiger partial charge in [0.05, 0.1) is 28.6 Å². The molecule has 0 fully saturated rings. The Balaban J connectivity index is 2.76. The van der Waals surface area contributed by atoms with Gasteiger partial charge in [0.2, 0.25) is 0 Å². The highest BCUT2D eigenvalue weighted by Gasteiger charge is 2.33. The number of fused-ring (bicyclic) bond motifs is 1. The van der Waals surface area contributed by atoms with Crippen LogP contribution in [0.15, 0.2) is 29.2 Å². The van der Waals surface area contributed by atoms with Crippen LogP contribution < -0.4 is 5.43 Å². The maximum atomic E-state index is 12.8. The minimum absolute atomic E-state index is 0.100. The van der Waals surface area contributed by atoms with E-state index < -0.39 is 22.2 Å². The number of rotatable bonds is 2. The molecule has 0 aliphatic heterocycles. The summed E-state index contributed by atoms with van der Waals surface area (Å²) in [5.41, 5.74) is -1.30. The van der Waals surface area contributed by atoms with Gasteiger partial charge in [-0.1, -0.05) is 11.6 Å². The molecule has 0 N–H and O–H groups in total. The Morgan fingerprint density at radius 1 is 1.35 bits per heavy atom. The molecule has 0 saturated carbocycles. The molecule has 3 nitrogen and oxygen atoms in total. The van der Waals surface area contributed by atoms with Gasteiger partial charge in [0.15, 0.2) is 5.43 Å². The van der Waals surface area contributed by atoms with Crippen molar-refractivity contribution in [3.05, 3.63) is 45.2 Å². The van der Waals surface area contributed by atoms with E-state index in [1.54, 1.807) is 0 Å². The highest BCUT2D eigenvalue weighted by atomic mass is 35.5. The number of hydrogen-bond donors (Lipinski definition) is 0. The minimum Gasteiger partial charge on any atom is -0.346 e. The number of nitriles is 1. The second-order valence-corrected chi connectivity index (χ2v) is 4.54. The number of halogens is 4. The fourth-order valence-corrected chi connectivity index (χ4v) is 2.18. The average Bonchev–Trinajstić information content (AvgIpc) is 2.37. The van der Waals surface area contributed by atoms with Crippen molar-refractivity contribution in [3.8, 4) is 6.07 Å². The van der Waals surface area contributed by atoms with Gasteiger partial charge in [-0.05, 0) is 12.1 Å². The normalized spacial score (nSPS) is 11.6. The lowest BCUT2D eigenvalue weighted by atomic mass is 10.1. The van der Waals surface area contributed by atoms with Crippen molar-refractivity contribution in [2.45, 2.75) is 19.1 Å². The molecule has 20 heavy (non-hydrogen) atoms. The molecule has 1 aromatic carbocycles. The summed E-state index contributed by atoms with van der Waals surface area (Å²) in [4.78, 5) is 11.7. The zero-order valence-electron chi connectivity index (χ0n) is 10.0. The van der Waals surface area contributed by atoms with E-state index in [1.165, 1.54) is 16.8 Å². The fraction of sp³-hybridized carbons (Fsp3) is 0.231. The molecule has 1 aromatic heterocycles. The molecule has 0 amide bonds. The first-order chi connectivity index (χ1) is 9.34. The van der Waals surface area contributed by atoms with Crippen molar-refractivity contribution < 1.29 is 13.2 Å². The molecule has 104 valence electrons. The largest absolute Gasteiger partial charge is 0.417 e. The summed E-state index contributed by atoms with van der Waals surface area (Å²) in [5.74, 6) is 0. The van der Waals surface area contributed by atoms with Gasteiger partial charge in [-0.3, -0.25) is 4.79 Å². The molecule has 0 bridgehead atoms. The molecule has 0 radical (unpaired) electrons. The van der Waals surface area contributed by atoms with Crippen molar-refractivity contribution in [1.29, 1.82) is 5.26 Å². The van der Waals surface area contributed by atoms with Gasteiger partial charge in [-0.25, -0.2) is 0 Å². The fourth-order valence-electron chi connectivity index (χ4n) is 1.91. The van der Waals surface area contributed by atoms with E-state index in [2.05, 4.69) is 0 Å². The van der Waals surface area contributed by atoms with Crippen molar-refractivity contribution in [2.75, 3.05) is 0 Å². The van der Waals surface area contributed by atoms with Crippen LogP contribution in [0.1, 0.15) is 12.0 Å². The number of benzene rings is 1. The molecular formula is C13H8ClF3N2O. The number of aromatic nitrogens is 1. The van der Waals surface area contributed by atoms with E-state index in [9.17, 15) is 18.0 Å². The van der Waals surface area contributed by atoms with Gasteiger partial charge >= 0.3 is 6.18 Å². The quantitative estimate of drug-likeness (QED) is 0.851. The van der Waals surface area contributed by atoms with E-state index in [1.807, 2.05) is 6.07 Å². The first-order valence-corrected chi connectivity index (χ1v) is 5.99. The molecule has 0 saturated heterocycles. The van der Waals surface area contributed by atoms with Gasteiger partial charge in [0.25, 0.3) is 0 Å². The van der Waals surface area contributed by atoms with Crippen LogP contribution in [0, 0.1) is 11.3 Å². The lowest BCUT2D eigenvalue weighted by Crippen LogP contribution is -2.12. The zero-order chi connectivity index (χ0) is 14.9. The molecule has 2 rings (SSSR count). The molecule has 2 aromatic rings. The Bertz CT molecular complexity index is 759. The number of nitrogens with zero attached hydrogens (tertiary/aromatic N) is 2. The Kier molecular flexibility index (Phi) is 3.73. The maximum absolute atomic E-state index is 12.8. The highest BCUT2D eigenvalue weighted by Crippen LogP contribution is 2.36. The second kappa shape index (κ2) is 5.17. The van der Waals surface area contributed by atoms with Gasteiger partial charge in [0.1, 0.15) is 0 Å². The van der Waals surface area contributed by atoms with Crippen LogP contribution in [0.4, 0.5) is 13.2 Å². The Morgan fingerprint density at radius 3 is 2.65 bits per heavy atom. The number of hydrogen-bond acceptors (Lipinski definition) is 2. The Morgan fingerprint density at radius 2 is 2.05 bits per heavy atom. The third kappa shape index (κ3) is 2.63. The van der Waals surface area contributed by atoms with E-state index in [-0.39, 0.29) is 23.9 Å². The van der Waals surface area contributed by atoms with E-state index in [0.29, 0.717) is 0 Å². The zero-order valence-corrected chi connectivity index (χ0v) is 10.8. The van der Waals surface area contributed by atoms with E-state index >= 15 is 0 Å². The van der Waals surface area contributed by atoms with Crippen LogP contribution in [0.2, 0.25) is 5.02 Å². The van der Waals surface area contributed by atoms with Crippen LogP contribution in [-0.4, -0.2) is 4.57 Å². The summed E-state index contributed by atoms with van der Waals surface area (Å²) in [6, 6.07) is 5.01. The lowest BCUT2D eigenvalue weighted by molar-refractivity contribution is -0.137. The van der Waals surface area contributed by atoms with Crippen molar-refractivity contribution >= 4 is 22.5 Å². The summed E-state index contributed by atoms with van der Waals surface area (Å²) in [6.07, 6.45) is -3.10. The molecule has 0 aliphatic carbocycles. The monoisotopic (exact) mass is 300 g/mol. The van der Waals surface area contributed by atoms with Gasteiger partial charge in [0, 0.05) is 24.2 Å². The third-order valence-electron chi connectivity index (χ3n) is 2.84. The second-order valence-electron chi connectivity index (χ2n) is 4.13. The summed E-state index contributed by atoms with van der Waals surface area (Å²) in [5, 5.41) is 8.14. The van der Waals surface area contributed by atoms with Crippen LogP contribution in [-0.2, 0) is 12.7 Å². The summed E-state index contributed by atoms with van der Waals surface area (Å²) >= 11 is 5.60. The van der Waals surface area contributed by atoms with Crippen molar-refractivity contribution in [3.63, 3.8) is 0 Å². The maximum Gasteiger partial charge on any atom is 0.417 e. The Hall–Kier alpha value is -2.00. The predicted molar refractivity (Wildman–Crippen MR) is 68.5 cm³/mol. The van der Waals surface area contributed by atoms with Gasteiger partial charge < -0.3 is 4.57 Å². The van der Waals surface area contributed by atoms with Gasteiger partial charge in [-0.15, -0.1) is 0 Å². The molecule has 1 heterocycles. The average molecular weight is 301 g/mol. The predicted octanol–water partition coefficient (Wildman–Crippen LogP) is 3.59. The molecule has 0 spiro atoms. The molecule has 7 heteroatoms. The minimum atomic E-state index is -4.60. The summed E-state index contributed by atoms with van der Waals surface area (Å²) in [6.45, 7) is 0.201. The van der Waals surface area contributed by atoms with Crippen LogP contribution in [0.5, 0.6) is 0 Å². The topological polar surface area (TPSA) is 45.8 Å². The smallest absolute Gasteiger partial charge is 0.346 e. The highest BCUT2D eigenvalue weighted by molar-refractivity contribution is 6.32. The summed E-state index contributed by atoms with van der Waals surface area (Å²) < 4.78 is 39.9. The molecule has 0 atom stereocenters. The van der Waals surface area contributed by atoms with Crippen molar-refractivity contribution in [1.82, 2.24) is 4.57 Å². The standard InChI is InChI=1S/C13H8ClF3N2O/c14-10-6-8-11(7-9(10)13(15,16)17)19(4-1-3-18)5-2-12(8)20/h2,5-7H,1,4H2. The first-order valence-electron chi connectivity index (χ1n) is 5.61. The van der Waals surface area contributed by atoms with E-state index in [4.69, 9.17) is 16.9 Å². The summed E-state index contributed by atoms with van der Waals surface area (Å²) in [7, 11) is 0. The van der Waals surface area contributed by atoms with Crippen LogP contribution >= 0.6 is 11.6 Å². The number of aryl methyl sites for hydroxylation is 1. The van der Waals surface area contributed by atoms with E-state index in [0.717, 1.165) is 12.1 Å².